The third-order valence-corrected chi connectivity index (χ3v) is 5.01. The summed E-state index contributed by atoms with van der Waals surface area (Å²) in [5.74, 6) is -0.926. The van der Waals surface area contributed by atoms with E-state index in [1.165, 1.54) is 11.8 Å². The minimum absolute atomic E-state index is 0.0362. The number of amides is 2. The fourth-order valence-corrected chi connectivity index (χ4v) is 3.66. The molecule has 0 aromatic heterocycles. The van der Waals surface area contributed by atoms with Crippen molar-refractivity contribution in [2.24, 2.45) is 0 Å². The third-order valence-electron chi connectivity index (χ3n) is 3.73. The van der Waals surface area contributed by atoms with E-state index in [1.807, 2.05) is 24.3 Å². The normalized spacial score (nSPS) is 15.6. The van der Waals surface area contributed by atoms with Gasteiger partial charge in [-0.15, -0.1) is 11.8 Å². The molecule has 2 aromatic carbocycles. The second-order valence-electron chi connectivity index (χ2n) is 5.65. The Morgan fingerprint density at radius 1 is 1.19 bits per heavy atom. The maximum Gasteiger partial charge on any atom is 0.338 e. The van der Waals surface area contributed by atoms with E-state index in [1.54, 1.807) is 31.2 Å². The fourth-order valence-electron chi connectivity index (χ4n) is 2.55. The minimum atomic E-state index is -0.502. The van der Waals surface area contributed by atoms with Gasteiger partial charge in [-0.1, -0.05) is 18.2 Å². The molecule has 0 spiro atoms. The predicted octanol–water partition coefficient (Wildman–Crippen LogP) is 3.30. The lowest BCUT2D eigenvalue weighted by atomic mass is 10.2. The van der Waals surface area contributed by atoms with Crippen LogP contribution in [0.4, 0.5) is 11.4 Å². The number of nitrogens with one attached hydrogen (secondary N) is 2. The number of carbonyl (C=O) groups is 3. The molecule has 2 N–H and O–H groups in total. The average Bonchev–Trinajstić information content (AvgIpc) is 2.62. The van der Waals surface area contributed by atoms with E-state index in [0.717, 1.165) is 10.6 Å². The number of rotatable bonds is 5. The monoisotopic (exact) mass is 370 g/mol. The van der Waals surface area contributed by atoms with Crippen LogP contribution >= 0.6 is 11.8 Å². The Bertz CT molecular complexity index is 853. The van der Waals surface area contributed by atoms with Crippen LogP contribution in [0.1, 0.15) is 23.7 Å². The van der Waals surface area contributed by atoms with Crippen LogP contribution in [-0.4, -0.2) is 29.6 Å². The number of esters is 1. The number of carbonyl (C=O) groups excluding carboxylic acids is 3. The molecule has 1 aliphatic rings. The first-order valence-corrected chi connectivity index (χ1v) is 9.08. The number of hydrogen-bond acceptors (Lipinski definition) is 5. The Morgan fingerprint density at radius 3 is 2.81 bits per heavy atom. The van der Waals surface area contributed by atoms with E-state index in [4.69, 9.17) is 4.74 Å². The summed E-state index contributed by atoms with van der Waals surface area (Å²) in [6.45, 7) is 2.01. The summed E-state index contributed by atoms with van der Waals surface area (Å²) in [6.07, 6.45) is 0.0362. The molecule has 1 heterocycles. The van der Waals surface area contributed by atoms with Gasteiger partial charge in [0.15, 0.2) is 0 Å². The summed E-state index contributed by atoms with van der Waals surface area (Å²) < 4.78 is 4.95. The fraction of sp³-hybridized carbons (Fsp3) is 0.211. The average molecular weight is 370 g/mol. The summed E-state index contributed by atoms with van der Waals surface area (Å²) in [7, 11) is 0. The number of thioether (sulfide) groups is 1. The third kappa shape index (κ3) is 4.23. The smallest absolute Gasteiger partial charge is 0.338 e. The van der Waals surface area contributed by atoms with Crippen LogP contribution in [0.2, 0.25) is 0 Å². The number of hydrogen-bond donors (Lipinski definition) is 2. The molecule has 0 radical (unpaired) electrons. The van der Waals surface area contributed by atoms with Gasteiger partial charge < -0.3 is 15.4 Å². The van der Waals surface area contributed by atoms with Crippen LogP contribution < -0.4 is 10.6 Å². The highest BCUT2D eigenvalue weighted by Gasteiger charge is 2.28. The van der Waals surface area contributed by atoms with Crippen LogP contribution in [0.15, 0.2) is 53.4 Å². The maximum absolute atomic E-state index is 12.3. The number of fused-ring (bicyclic) bond motifs is 1. The maximum atomic E-state index is 12.3. The molecule has 2 aromatic rings. The molecule has 3 rings (SSSR count). The highest BCUT2D eigenvalue weighted by molar-refractivity contribution is 8.01. The Morgan fingerprint density at radius 2 is 2.00 bits per heavy atom. The molecule has 0 bridgehead atoms. The highest BCUT2D eigenvalue weighted by atomic mass is 32.2. The van der Waals surface area contributed by atoms with E-state index < -0.39 is 11.2 Å². The van der Waals surface area contributed by atoms with Crippen LogP contribution in [0.25, 0.3) is 0 Å². The van der Waals surface area contributed by atoms with Gasteiger partial charge in [0.1, 0.15) is 0 Å². The van der Waals surface area contributed by atoms with Gasteiger partial charge in [0.05, 0.1) is 23.1 Å². The van der Waals surface area contributed by atoms with Crippen molar-refractivity contribution < 1.29 is 19.1 Å². The van der Waals surface area contributed by atoms with Crippen molar-refractivity contribution in [2.45, 2.75) is 23.5 Å². The summed E-state index contributed by atoms with van der Waals surface area (Å²) in [6, 6.07) is 14.0. The van der Waals surface area contributed by atoms with Gasteiger partial charge >= 0.3 is 5.97 Å². The van der Waals surface area contributed by atoms with E-state index in [2.05, 4.69) is 10.6 Å². The first kappa shape index (κ1) is 18.0. The van der Waals surface area contributed by atoms with Crippen molar-refractivity contribution in [3.63, 3.8) is 0 Å². The van der Waals surface area contributed by atoms with E-state index in [-0.39, 0.29) is 24.8 Å². The zero-order valence-corrected chi connectivity index (χ0v) is 15.0. The van der Waals surface area contributed by atoms with Crippen LogP contribution in [0.5, 0.6) is 0 Å². The van der Waals surface area contributed by atoms with Gasteiger partial charge in [-0.2, -0.15) is 0 Å². The molecule has 1 atom stereocenters. The largest absolute Gasteiger partial charge is 0.462 e. The van der Waals surface area contributed by atoms with Crippen LogP contribution in [0.3, 0.4) is 0 Å². The Balaban J connectivity index is 1.63. The van der Waals surface area contributed by atoms with Crippen molar-refractivity contribution in [1.29, 1.82) is 0 Å². The molecule has 0 saturated heterocycles. The van der Waals surface area contributed by atoms with Crippen molar-refractivity contribution in [3.05, 3.63) is 54.1 Å². The first-order valence-electron chi connectivity index (χ1n) is 8.20. The molecule has 2 amide bonds. The zero-order chi connectivity index (χ0) is 18.5. The molecule has 0 fully saturated rings. The Hall–Kier alpha value is -2.80. The summed E-state index contributed by atoms with van der Waals surface area (Å²) >= 11 is 1.37. The summed E-state index contributed by atoms with van der Waals surface area (Å²) in [5.41, 5.74) is 1.62. The molecule has 1 aliphatic heterocycles. The number of benzene rings is 2. The molecule has 6 nitrogen and oxygen atoms in total. The van der Waals surface area contributed by atoms with Gasteiger partial charge in [-0.05, 0) is 37.3 Å². The second-order valence-corrected chi connectivity index (χ2v) is 6.89. The van der Waals surface area contributed by atoms with Crippen molar-refractivity contribution >= 4 is 40.9 Å². The van der Waals surface area contributed by atoms with Crippen LogP contribution in [-0.2, 0) is 14.3 Å². The van der Waals surface area contributed by atoms with Crippen molar-refractivity contribution in [1.82, 2.24) is 0 Å². The van der Waals surface area contributed by atoms with Gasteiger partial charge in [-0.25, -0.2) is 4.79 Å². The quantitative estimate of drug-likeness (QED) is 0.789. The predicted molar refractivity (Wildman–Crippen MR) is 100 cm³/mol. The lowest BCUT2D eigenvalue weighted by Gasteiger charge is -2.23. The first-order chi connectivity index (χ1) is 12.6. The number of ether oxygens (including phenoxy) is 1. The zero-order valence-electron chi connectivity index (χ0n) is 14.2. The molecule has 0 unspecified atom stereocenters. The molecular weight excluding hydrogens is 352 g/mol. The molecule has 0 saturated carbocycles. The number of para-hydroxylation sites is 1. The number of anilines is 2. The molecule has 7 heteroatoms. The van der Waals surface area contributed by atoms with E-state index >= 15 is 0 Å². The molecule has 134 valence electrons. The Labute approximate surface area is 155 Å². The van der Waals surface area contributed by atoms with E-state index in [0.29, 0.717) is 11.3 Å². The minimum Gasteiger partial charge on any atom is -0.462 e. The van der Waals surface area contributed by atoms with Gasteiger partial charge in [-0.3, -0.25) is 9.59 Å². The lowest BCUT2D eigenvalue weighted by molar-refractivity contribution is -0.120. The van der Waals surface area contributed by atoms with Crippen molar-refractivity contribution in [2.75, 3.05) is 17.2 Å². The van der Waals surface area contributed by atoms with Gasteiger partial charge in [0.25, 0.3) is 0 Å². The summed E-state index contributed by atoms with van der Waals surface area (Å²) in [5, 5.41) is 5.05. The van der Waals surface area contributed by atoms with E-state index in [9.17, 15) is 14.4 Å². The molecule has 26 heavy (non-hydrogen) atoms. The Kier molecular flexibility index (Phi) is 5.58. The lowest BCUT2D eigenvalue weighted by Crippen LogP contribution is -2.32. The van der Waals surface area contributed by atoms with Gasteiger partial charge in [0.2, 0.25) is 11.8 Å². The standard InChI is InChI=1S/C19H18N2O4S/c1-2-25-19(24)12-6-5-7-13(10-12)20-17(22)11-16-18(23)21-14-8-3-4-9-15(14)26-16/h3-10,16H,2,11H2,1H3,(H,20,22)(H,21,23)/t16-/m0/s1. The van der Waals surface area contributed by atoms with Crippen LogP contribution in [0, 0.1) is 0 Å². The molecular formula is C19H18N2O4S. The topological polar surface area (TPSA) is 84.5 Å². The van der Waals surface area contributed by atoms with Crippen molar-refractivity contribution in [3.8, 4) is 0 Å². The SMILES string of the molecule is CCOC(=O)c1cccc(NC(=O)C[C@@H]2Sc3ccccc3NC2=O)c1. The summed E-state index contributed by atoms with van der Waals surface area (Å²) in [4.78, 5) is 37.2. The molecule has 0 aliphatic carbocycles. The highest BCUT2D eigenvalue weighted by Crippen LogP contribution is 2.36. The van der Waals surface area contributed by atoms with Gasteiger partial charge in [0, 0.05) is 17.0 Å². The second kappa shape index (κ2) is 8.05.